The molecule has 3 N–H and O–H groups in total. The van der Waals surface area contributed by atoms with Gasteiger partial charge in [0.15, 0.2) is 23.9 Å². The number of esters is 3. The second-order valence-electron chi connectivity index (χ2n) is 15.3. The predicted molar refractivity (Wildman–Crippen MR) is 150 cm³/mol. The van der Waals surface area contributed by atoms with E-state index in [9.17, 15) is 29.4 Å². The maximum atomic E-state index is 14.3. The fraction of sp³-hybridized carbons (Fsp3) is 0.688. The third-order valence-electron chi connectivity index (χ3n) is 10.9. The minimum atomic E-state index is -2.44. The molecule has 2 saturated carbocycles. The topological polar surface area (TPSA) is 176 Å². The van der Waals surface area contributed by atoms with E-state index in [4.69, 9.17) is 28.4 Å². The molecule has 6 aliphatic rings. The maximum absolute atomic E-state index is 14.3. The normalized spacial score (nSPS) is 45.8. The van der Waals surface area contributed by atoms with Gasteiger partial charge in [0.2, 0.25) is 11.9 Å². The first-order chi connectivity index (χ1) is 20.9. The molecule has 7 rings (SSSR count). The fourth-order valence-corrected chi connectivity index (χ4v) is 9.75. The first kappa shape index (κ1) is 30.4. The molecule has 12 atom stereocenters. The minimum Gasteiger partial charge on any atom is -0.456 e. The van der Waals surface area contributed by atoms with E-state index in [0.717, 1.165) is 5.56 Å². The number of rotatable bonds is 4. The van der Waals surface area contributed by atoms with Crippen LogP contribution in [-0.2, 0) is 49.4 Å². The molecule has 4 aliphatic heterocycles. The highest BCUT2D eigenvalue weighted by atomic mass is 16.8. The summed E-state index contributed by atoms with van der Waals surface area (Å²) in [5, 5.41) is 27.7. The molecule has 1 aromatic rings. The molecule has 1 amide bonds. The van der Waals surface area contributed by atoms with Crippen molar-refractivity contribution in [1.29, 1.82) is 0 Å². The number of aliphatic hydroxyl groups is 2. The second kappa shape index (κ2) is 8.96. The van der Waals surface area contributed by atoms with Crippen LogP contribution in [0.5, 0.6) is 0 Å². The Labute approximate surface area is 259 Å². The standard InChI is InChI=1S/C32H39NO12/c1-14-22(35)42-20-18(34)30-19-16(41-26(38)33-28(5,6)7)17(27(2,3)4)29(30)21(40-13-15-11-9-8-10-12-15)23(36)44-25(29)45-32(30,24(37)43-19)31(14,20)39/h8-12,14,16-21,25,34,39H,13H2,1-7H3,(H,33,38)/t14-,16-,17?,18?,19?,20?,21+,25?,29?,30?,31-,32?/m1/s1. The minimum absolute atomic E-state index is 0.0558. The van der Waals surface area contributed by atoms with Gasteiger partial charge >= 0.3 is 24.0 Å². The number of aliphatic hydroxyl groups excluding tert-OH is 1. The van der Waals surface area contributed by atoms with E-state index < -0.39 is 106 Å². The van der Waals surface area contributed by atoms with Crippen LogP contribution in [0, 0.1) is 28.1 Å². The summed E-state index contributed by atoms with van der Waals surface area (Å²) in [7, 11) is 0. The SMILES string of the molecule is C[C@@H]1C(=O)OC2C(O)C34C5OC(=O)C3(OC3OC(=O)[C@H](OCc6ccccc6)C34C(C(C)(C)C)[C@H]5OC(=O)NC(C)(C)C)[C@]21O. The molecule has 13 heteroatoms. The first-order valence-corrected chi connectivity index (χ1v) is 15.3. The number of carbonyl (C=O) groups excluding carboxylic acids is 4. The summed E-state index contributed by atoms with van der Waals surface area (Å²) >= 11 is 0. The average molecular weight is 630 g/mol. The molecule has 2 aliphatic carbocycles. The van der Waals surface area contributed by atoms with Gasteiger partial charge in [-0.25, -0.2) is 14.4 Å². The summed E-state index contributed by atoms with van der Waals surface area (Å²) in [5.74, 6) is -4.99. The molecule has 13 nitrogen and oxygen atoms in total. The molecule has 4 saturated heterocycles. The van der Waals surface area contributed by atoms with Crippen LogP contribution in [0.2, 0.25) is 0 Å². The molecule has 0 radical (unpaired) electrons. The van der Waals surface area contributed by atoms with Gasteiger partial charge in [-0.2, -0.15) is 0 Å². The van der Waals surface area contributed by atoms with Crippen LogP contribution in [-0.4, -0.2) is 87.8 Å². The Balaban J connectivity index is 1.48. The Hall–Kier alpha value is -3.26. The van der Waals surface area contributed by atoms with Crippen LogP contribution in [0.4, 0.5) is 4.79 Å². The monoisotopic (exact) mass is 629 g/mol. The third kappa shape index (κ3) is 3.27. The Morgan fingerprint density at radius 3 is 2.27 bits per heavy atom. The molecule has 4 heterocycles. The van der Waals surface area contributed by atoms with Crippen LogP contribution in [0.1, 0.15) is 54.0 Å². The fourth-order valence-electron chi connectivity index (χ4n) is 9.75. The van der Waals surface area contributed by atoms with Crippen molar-refractivity contribution in [3.63, 3.8) is 0 Å². The van der Waals surface area contributed by atoms with Gasteiger partial charge in [-0.3, -0.25) is 4.79 Å². The van der Waals surface area contributed by atoms with E-state index in [0.29, 0.717) is 0 Å². The Morgan fingerprint density at radius 1 is 0.978 bits per heavy atom. The van der Waals surface area contributed by atoms with Crippen LogP contribution in [0.3, 0.4) is 0 Å². The highest BCUT2D eigenvalue weighted by Gasteiger charge is 3.05. The lowest BCUT2D eigenvalue weighted by Gasteiger charge is -2.48. The van der Waals surface area contributed by atoms with Crippen molar-refractivity contribution in [3.8, 4) is 0 Å². The highest BCUT2D eigenvalue weighted by Crippen LogP contribution is 2.85. The number of hydrogen-bond donors (Lipinski definition) is 3. The quantitative estimate of drug-likeness (QED) is 0.323. The summed E-state index contributed by atoms with van der Waals surface area (Å²) in [5.41, 5.74) is -9.47. The average Bonchev–Trinajstić information content (AvgIpc) is 3.63. The van der Waals surface area contributed by atoms with Crippen molar-refractivity contribution in [3.05, 3.63) is 35.9 Å². The van der Waals surface area contributed by atoms with Crippen LogP contribution in [0.15, 0.2) is 30.3 Å². The number of ether oxygens (including phenoxy) is 6. The van der Waals surface area contributed by atoms with Crippen LogP contribution in [0.25, 0.3) is 0 Å². The second-order valence-corrected chi connectivity index (χ2v) is 15.3. The number of carbonyl (C=O) groups is 4. The summed E-state index contributed by atoms with van der Waals surface area (Å²) in [6.07, 6.45) is -10.0. The van der Waals surface area contributed by atoms with Gasteiger partial charge < -0.3 is 44.0 Å². The molecule has 8 unspecified atom stereocenters. The lowest BCUT2D eigenvalue weighted by atomic mass is 9.51. The van der Waals surface area contributed by atoms with E-state index in [-0.39, 0.29) is 6.61 Å². The van der Waals surface area contributed by atoms with Crippen molar-refractivity contribution < 1.29 is 57.8 Å². The Morgan fingerprint density at radius 2 is 1.64 bits per heavy atom. The molecule has 244 valence electrons. The number of fused-ring (bicyclic) bond motifs is 1. The summed E-state index contributed by atoms with van der Waals surface area (Å²) in [4.78, 5) is 54.5. The van der Waals surface area contributed by atoms with Crippen molar-refractivity contribution in [2.75, 3.05) is 0 Å². The number of hydrogen-bond acceptors (Lipinski definition) is 12. The summed E-state index contributed by atoms with van der Waals surface area (Å²) < 4.78 is 36.5. The zero-order valence-corrected chi connectivity index (χ0v) is 26.2. The molecular formula is C32H39NO12. The van der Waals surface area contributed by atoms with E-state index >= 15 is 0 Å². The van der Waals surface area contributed by atoms with E-state index in [1.807, 2.05) is 51.1 Å². The summed E-state index contributed by atoms with van der Waals surface area (Å²) in [6, 6.07) is 9.08. The molecule has 45 heavy (non-hydrogen) atoms. The van der Waals surface area contributed by atoms with E-state index in [1.54, 1.807) is 20.8 Å². The number of alkyl carbamates (subject to hydrolysis) is 1. The maximum Gasteiger partial charge on any atom is 0.407 e. The summed E-state index contributed by atoms with van der Waals surface area (Å²) in [6.45, 7) is 12.2. The zero-order valence-electron chi connectivity index (χ0n) is 26.2. The molecule has 0 bridgehead atoms. The highest BCUT2D eigenvalue weighted by molar-refractivity contribution is 5.94. The van der Waals surface area contributed by atoms with Crippen molar-refractivity contribution in [1.82, 2.24) is 5.32 Å². The molecule has 1 aromatic carbocycles. The molecule has 2 spiro atoms. The van der Waals surface area contributed by atoms with Gasteiger partial charge in [-0.05, 0) is 38.7 Å². The predicted octanol–water partition coefficient (Wildman–Crippen LogP) is 1.36. The van der Waals surface area contributed by atoms with Crippen molar-refractivity contribution in [2.45, 2.75) is 109 Å². The number of nitrogens with one attached hydrogen (secondary N) is 1. The van der Waals surface area contributed by atoms with Crippen molar-refractivity contribution >= 4 is 24.0 Å². The largest absolute Gasteiger partial charge is 0.456 e. The van der Waals surface area contributed by atoms with Gasteiger partial charge in [0.25, 0.3) is 0 Å². The van der Waals surface area contributed by atoms with Gasteiger partial charge in [0, 0.05) is 11.5 Å². The van der Waals surface area contributed by atoms with Gasteiger partial charge in [-0.15, -0.1) is 0 Å². The Bertz CT molecular complexity index is 1480. The van der Waals surface area contributed by atoms with Gasteiger partial charge in [-0.1, -0.05) is 51.1 Å². The van der Waals surface area contributed by atoms with E-state index in [1.165, 1.54) is 6.92 Å². The zero-order chi connectivity index (χ0) is 32.7. The molecular weight excluding hydrogens is 590 g/mol. The lowest BCUT2D eigenvalue weighted by Crippen LogP contribution is -2.67. The van der Waals surface area contributed by atoms with Crippen molar-refractivity contribution in [2.24, 2.45) is 28.1 Å². The first-order valence-electron chi connectivity index (χ1n) is 15.3. The van der Waals surface area contributed by atoms with Gasteiger partial charge in [0.05, 0.1) is 23.4 Å². The number of amides is 1. The van der Waals surface area contributed by atoms with Gasteiger partial charge in [0.1, 0.15) is 12.2 Å². The smallest absolute Gasteiger partial charge is 0.407 e. The number of benzene rings is 1. The van der Waals surface area contributed by atoms with E-state index in [2.05, 4.69) is 5.32 Å². The lowest BCUT2D eigenvalue weighted by molar-refractivity contribution is -0.240. The molecule has 6 fully saturated rings. The third-order valence-corrected chi connectivity index (χ3v) is 10.9. The van der Waals surface area contributed by atoms with Crippen LogP contribution < -0.4 is 5.32 Å². The Kier molecular flexibility index (Phi) is 6.05. The molecule has 0 aromatic heterocycles. The van der Waals surface area contributed by atoms with Crippen LogP contribution >= 0.6 is 0 Å².